The van der Waals surface area contributed by atoms with Crippen LogP contribution in [0.25, 0.3) is 11.1 Å². The molecule has 0 saturated heterocycles. The van der Waals surface area contributed by atoms with Gasteiger partial charge in [0.15, 0.2) is 0 Å². The van der Waals surface area contributed by atoms with Crippen molar-refractivity contribution in [3.8, 4) is 11.1 Å². The Kier molecular flexibility index (Phi) is 3.71. The Balaban J connectivity index is 2.37. The average molecular weight is 239 g/mol. The number of nitrogen functional groups attached to an aromatic ring is 1. The van der Waals surface area contributed by atoms with Crippen LogP contribution in [0.15, 0.2) is 42.5 Å². The van der Waals surface area contributed by atoms with Crippen molar-refractivity contribution >= 4 is 5.69 Å². The van der Waals surface area contributed by atoms with Gasteiger partial charge in [0, 0.05) is 5.69 Å². The molecule has 2 rings (SSSR count). The predicted molar refractivity (Wildman–Crippen MR) is 79.7 cm³/mol. The highest BCUT2D eigenvalue weighted by atomic mass is 14.6. The lowest BCUT2D eigenvalue weighted by Crippen LogP contribution is -1.93. The average Bonchev–Trinajstić information content (AvgIpc) is 2.41. The minimum absolute atomic E-state index is 0.626. The van der Waals surface area contributed by atoms with Gasteiger partial charge in [-0.1, -0.05) is 50.2 Å². The molecule has 0 saturated carbocycles. The fourth-order valence-electron chi connectivity index (χ4n) is 2.19. The van der Waals surface area contributed by atoms with Crippen LogP contribution < -0.4 is 5.73 Å². The van der Waals surface area contributed by atoms with E-state index >= 15 is 0 Å². The fraction of sp³-hybridized carbons (Fsp3) is 0.294. The van der Waals surface area contributed by atoms with Crippen LogP contribution in [0.1, 0.15) is 37.3 Å². The molecule has 0 spiro atoms. The summed E-state index contributed by atoms with van der Waals surface area (Å²) in [6.07, 6.45) is 1.18. The molecule has 0 radical (unpaired) electrons. The molecule has 0 fully saturated rings. The maximum atomic E-state index is 5.96. The summed E-state index contributed by atoms with van der Waals surface area (Å²) in [6.45, 7) is 6.56. The maximum Gasteiger partial charge on any atom is 0.0349 e. The molecule has 1 atom stereocenters. The van der Waals surface area contributed by atoms with Gasteiger partial charge in [0.05, 0.1) is 0 Å². The number of benzene rings is 2. The maximum absolute atomic E-state index is 5.96. The van der Waals surface area contributed by atoms with E-state index in [2.05, 4.69) is 51.1 Å². The van der Waals surface area contributed by atoms with E-state index in [1.165, 1.54) is 23.1 Å². The van der Waals surface area contributed by atoms with Gasteiger partial charge in [0.2, 0.25) is 0 Å². The third-order valence-electron chi connectivity index (χ3n) is 3.78. The molecule has 0 aliphatic rings. The molecule has 0 bridgehead atoms. The summed E-state index contributed by atoms with van der Waals surface area (Å²) in [5.41, 5.74) is 11.9. The van der Waals surface area contributed by atoms with E-state index in [0.717, 1.165) is 11.3 Å². The number of anilines is 1. The third kappa shape index (κ3) is 2.40. The van der Waals surface area contributed by atoms with Gasteiger partial charge in [-0.3, -0.25) is 0 Å². The van der Waals surface area contributed by atoms with Crippen molar-refractivity contribution in [2.45, 2.75) is 33.1 Å². The van der Waals surface area contributed by atoms with E-state index in [0.29, 0.717) is 5.92 Å². The Morgan fingerprint density at radius 2 is 1.72 bits per heavy atom. The van der Waals surface area contributed by atoms with E-state index in [1.807, 2.05) is 12.1 Å². The predicted octanol–water partition coefficient (Wildman–Crippen LogP) is 4.76. The summed E-state index contributed by atoms with van der Waals surface area (Å²) >= 11 is 0. The molecule has 2 aromatic rings. The van der Waals surface area contributed by atoms with Crippen LogP contribution in [-0.4, -0.2) is 0 Å². The molecule has 94 valence electrons. The highest BCUT2D eigenvalue weighted by Crippen LogP contribution is 2.28. The minimum atomic E-state index is 0.626. The zero-order chi connectivity index (χ0) is 13.1. The van der Waals surface area contributed by atoms with Gasteiger partial charge in [0.25, 0.3) is 0 Å². The zero-order valence-electron chi connectivity index (χ0n) is 11.4. The van der Waals surface area contributed by atoms with Crippen molar-refractivity contribution in [2.75, 3.05) is 5.73 Å². The van der Waals surface area contributed by atoms with E-state index in [9.17, 15) is 0 Å². The van der Waals surface area contributed by atoms with Gasteiger partial charge in [-0.15, -0.1) is 0 Å². The van der Waals surface area contributed by atoms with Crippen molar-refractivity contribution in [2.24, 2.45) is 0 Å². The fourth-order valence-corrected chi connectivity index (χ4v) is 2.19. The summed E-state index contributed by atoms with van der Waals surface area (Å²) < 4.78 is 0. The van der Waals surface area contributed by atoms with Crippen LogP contribution in [0.3, 0.4) is 0 Å². The van der Waals surface area contributed by atoms with E-state index in [1.54, 1.807) is 0 Å². The number of hydrogen-bond acceptors (Lipinski definition) is 1. The Labute approximate surface area is 110 Å². The second-order valence-electron chi connectivity index (χ2n) is 4.95. The van der Waals surface area contributed by atoms with Crippen molar-refractivity contribution in [3.63, 3.8) is 0 Å². The minimum Gasteiger partial charge on any atom is -0.398 e. The first kappa shape index (κ1) is 12.7. The zero-order valence-corrected chi connectivity index (χ0v) is 11.4. The van der Waals surface area contributed by atoms with Gasteiger partial charge in [-0.05, 0) is 47.6 Å². The van der Waals surface area contributed by atoms with Gasteiger partial charge < -0.3 is 5.73 Å². The van der Waals surface area contributed by atoms with Crippen molar-refractivity contribution < 1.29 is 0 Å². The van der Waals surface area contributed by atoms with Crippen LogP contribution in [-0.2, 0) is 0 Å². The van der Waals surface area contributed by atoms with E-state index in [-0.39, 0.29) is 0 Å². The Morgan fingerprint density at radius 3 is 2.33 bits per heavy atom. The molecule has 0 amide bonds. The molecule has 1 nitrogen and oxygen atoms in total. The molecule has 0 heterocycles. The lowest BCUT2D eigenvalue weighted by atomic mass is 9.94. The molecule has 2 N–H and O–H groups in total. The number of rotatable bonds is 3. The molecule has 0 aliphatic heterocycles. The summed E-state index contributed by atoms with van der Waals surface area (Å²) in [5.74, 6) is 0.626. The SMILES string of the molecule is CCC(C)c1ccc(-c2cccc(N)c2C)cc1. The third-order valence-corrected chi connectivity index (χ3v) is 3.78. The molecule has 1 unspecified atom stereocenters. The first-order valence-electron chi connectivity index (χ1n) is 6.59. The Hall–Kier alpha value is -1.76. The first-order chi connectivity index (χ1) is 8.63. The molecule has 1 heteroatoms. The standard InChI is InChI=1S/C17H21N/c1-4-12(2)14-8-10-15(11-9-14)16-6-5-7-17(18)13(16)3/h5-12H,4,18H2,1-3H3. The van der Waals surface area contributed by atoms with Crippen LogP contribution >= 0.6 is 0 Å². The highest BCUT2D eigenvalue weighted by molar-refractivity contribution is 5.72. The van der Waals surface area contributed by atoms with Gasteiger partial charge >= 0.3 is 0 Å². The summed E-state index contributed by atoms with van der Waals surface area (Å²) in [6, 6.07) is 14.9. The van der Waals surface area contributed by atoms with Gasteiger partial charge in [-0.2, -0.15) is 0 Å². The van der Waals surface area contributed by atoms with Crippen LogP contribution in [0, 0.1) is 6.92 Å². The molecule has 0 aromatic heterocycles. The molecule has 2 aromatic carbocycles. The van der Waals surface area contributed by atoms with Crippen LogP contribution in [0.4, 0.5) is 5.69 Å². The van der Waals surface area contributed by atoms with Crippen LogP contribution in [0.2, 0.25) is 0 Å². The highest BCUT2D eigenvalue weighted by Gasteiger charge is 2.06. The second kappa shape index (κ2) is 5.26. The molecular weight excluding hydrogens is 218 g/mol. The first-order valence-corrected chi connectivity index (χ1v) is 6.59. The lowest BCUT2D eigenvalue weighted by Gasteiger charge is -2.12. The quantitative estimate of drug-likeness (QED) is 0.768. The van der Waals surface area contributed by atoms with E-state index in [4.69, 9.17) is 5.73 Å². The number of hydrogen-bond donors (Lipinski definition) is 1. The summed E-state index contributed by atoms with van der Waals surface area (Å²) in [5, 5.41) is 0. The Morgan fingerprint density at radius 1 is 1.06 bits per heavy atom. The normalized spacial score (nSPS) is 12.4. The van der Waals surface area contributed by atoms with E-state index < -0.39 is 0 Å². The lowest BCUT2D eigenvalue weighted by molar-refractivity contribution is 0.734. The molecular formula is C17H21N. The van der Waals surface area contributed by atoms with Gasteiger partial charge in [-0.25, -0.2) is 0 Å². The number of nitrogens with two attached hydrogens (primary N) is 1. The molecule has 18 heavy (non-hydrogen) atoms. The smallest absolute Gasteiger partial charge is 0.0349 e. The monoisotopic (exact) mass is 239 g/mol. The van der Waals surface area contributed by atoms with Crippen molar-refractivity contribution in [3.05, 3.63) is 53.6 Å². The Bertz CT molecular complexity index is 526. The van der Waals surface area contributed by atoms with Crippen molar-refractivity contribution in [1.29, 1.82) is 0 Å². The molecule has 0 aliphatic carbocycles. The topological polar surface area (TPSA) is 26.0 Å². The van der Waals surface area contributed by atoms with Gasteiger partial charge in [0.1, 0.15) is 0 Å². The summed E-state index contributed by atoms with van der Waals surface area (Å²) in [4.78, 5) is 0. The second-order valence-corrected chi connectivity index (χ2v) is 4.95. The van der Waals surface area contributed by atoms with Crippen molar-refractivity contribution in [1.82, 2.24) is 0 Å². The summed E-state index contributed by atoms with van der Waals surface area (Å²) in [7, 11) is 0. The largest absolute Gasteiger partial charge is 0.398 e. The van der Waals surface area contributed by atoms with Crippen LogP contribution in [0.5, 0.6) is 0 Å².